The number of nitrogens with zero attached hydrogens (tertiary/aromatic N) is 4. The van der Waals surface area contributed by atoms with Crippen molar-refractivity contribution in [3.8, 4) is 44.7 Å². The third-order valence-electron chi connectivity index (χ3n) is 9.92. The number of hydrogen-bond donors (Lipinski definition) is 0. The van der Waals surface area contributed by atoms with Gasteiger partial charge in [-0.1, -0.05) is 127 Å². The van der Waals surface area contributed by atoms with Crippen LogP contribution in [0.1, 0.15) is 0 Å². The van der Waals surface area contributed by atoms with Crippen molar-refractivity contribution in [3.05, 3.63) is 158 Å². The highest BCUT2D eigenvalue weighted by Gasteiger charge is 2.19. The third-order valence-corrected chi connectivity index (χ3v) is 11.1. The van der Waals surface area contributed by atoms with Crippen molar-refractivity contribution in [2.75, 3.05) is 0 Å². The van der Waals surface area contributed by atoms with Crippen LogP contribution in [-0.2, 0) is 0 Å². The molecule has 3 aromatic heterocycles. The molecule has 0 aliphatic carbocycles. The molecule has 0 unspecified atom stereocenters. The molecule has 0 fully saturated rings. The van der Waals surface area contributed by atoms with Crippen molar-refractivity contribution < 1.29 is 4.42 Å². The lowest BCUT2D eigenvalue weighted by atomic mass is 9.99. The van der Waals surface area contributed by atoms with Crippen molar-refractivity contribution in [3.63, 3.8) is 0 Å². The summed E-state index contributed by atoms with van der Waals surface area (Å²) in [5.74, 6) is 1.82. The van der Waals surface area contributed by atoms with Crippen LogP contribution >= 0.6 is 11.3 Å². The van der Waals surface area contributed by atoms with E-state index in [2.05, 4.69) is 121 Å². The largest absolute Gasteiger partial charge is 0.456 e. The Kier molecular flexibility index (Phi) is 6.35. The van der Waals surface area contributed by atoms with Crippen LogP contribution < -0.4 is 0 Å². The minimum atomic E-state index is 0.598. The van der Waals surface area contributed by atoms with Gasteiger partial charge in [0.15, 0.2) is 17.5 Å². The number of rotatable bonds is 4. The van der Waals surface area contributed by atoms with Gasteiger partial charge in [0.25, 0.3) is 0 Å². The summed E-state index contributed by atoms with van der Waals surface area (Å²) in [5, 5.41) is 9.99. The van der Waals surface area contributed by atoms with E-state index in [1.807, 2.05) is 36.4 Å². The van der Waals surface area contributed by atoms with Crippen molar-refractivity contribution in [1.29, 1.82) is 0 Å². The monoisotopic (exact) mass is 682 g/mol. The molecule has 0 aliphatic heterocycles. The zero-order chi connectivity index (χ0) is 34.2. The molecule has 0 radical (unpaired) electrons. The predicted molar refractivity (Wildman–Crippen MR) is 215 cm³/mol. The van der Waals surface area contributed by atoms with Gasteiger partial charge in [-0.3, -0.25) is 0 Å². The number of furan rings is 1. The molecule has 11 aromatic rings. The van der Waals surface area contributed by atoms with E-state index >= 15 is 0 Å². The van der Waals surface area contributed by atoms with Gasteiger partial charge >= 0.3 is 0 Å². The third kappa shape index (κ3) is 4.62. The molecule has 0 saturated carbocycles. The molecule has 6 heteroatoms. The molecule has 0 aliphatic rings. The first kappa shape index (κ1) is 29.0. The number of fused-ring (bicyclic) bond motifs is 9. The second-order valence-electron chi connectivity index (χ2n) is 13.0. The van der Waals surface area contributed by atoms with Crippen LogP contribution in [0.5, 0.6) is 0 Å². The lowest BCUT2D eigenvalue weighted by Crippen LogP contribution is -2.00. The fraction of sp³-hybridized carbons (Fsp3) is 0. The van der Waals surface area contributed by atoms with E-state index in [9.17, 15) is 0 Å². The quantitative estimate of drug-likeness (QED) is 0.173. The number of hydrogen-bond acceptors (Lipinski definition) is 6. The average Bonchev–Trinajstić information content (AvgIpc) is 3.83. The van der Waals surface area contributed by atoms with Gasteiger partial charge in [-0.05, 0) is 57.3 Å². The van der Waals surface area contributed by atoms with Gasteiger partial charge in [0.05, 0.1) is 10.2 Å². The maximum Gasteiger partial charge on any atom is 0.164 e. The van der Waals surface area contributed by atoms with Crippen LogP contribution in [0.15, 0.2) is 162 Å². The fourth-order valence-electron chi connectivity index (χ4n) is 7.41. The van der Waals surface area contributed by atoms with E-state index in [1.54, 1.807) is 11.3 Å². The first-order valence-electron chi connectivity index (χ1n) is 17.2. The van der Waals surface area contributed by atoms with Crippen molar-refractivity contribution in [1.82, 2.24) is 19.9 Å². The Morgan fingerprint density at radius 1 is 0.404 bits per heavy atom. The summed E-state index contributed by atoms with van der Waals surface area (Å²) in [7, 11) is 0. The minimum absolute atomic E-state index is 0.598. The summed E-state index contributed by atoms with van der Waals surface area (Å²) in [4.78, 5) is 20.6. The maximum absolute atomic E-state index is 6.27. The normalized spacial score (nSPS) is 11.8. The molecule has 3 heterocycles. The summed E-state index contributed by atoms with van der Waals surface area (Å²) in [6.45, 7) is 0. The molecular formula is C46H26N4OS. The van der Waals surface area contributed by atoms with E-state index in [0.717, 1.165) is 70.9 Å². The molecule has 242 valence electrons. The molecule has 8 aromatic carbocycles. The lowest BCUT2D eigenvalue weighted by molar-refractivity contribution is 0.669. The van der Waals surface area contributed by atoms with E-state index in [4.69, 9.17) is 24.4 Å². The van der Waals surface area contributed by atoms with Gasteiger partial charge in [-0.2, -0.15) is 0 Å². The zero-order valence-corrected chi connectivity index (χ0v) is 28.4. The Bertz CT molecular complexity index is 3200. The molecule has 5 nitrogen and oxygen atoms in total. The summed E-state index contributed by atoms with van der Waals surface area (Å²) < 4.78 is 7.44. The van der Waals surface area contributed by atoms with Gasteiger partial charge in [0, 0.05) is 38.4 Å². The Balaban J connectivity index is 1.16. The summed E-state index contributed by atoms with van der Waals surface area (Å²) in [6.07, 6.45) is 0. The molecule has 0 bridgehead atoms. The van der Waals surface area contributed by atoms with Crippen LogP contribution in [0.2, 0.25) is 0 Å². The summed E-state index contributed by atoms with van der Waals surface area (Å²) in [5.41, 5.74) is 6.50. The van der Waals surface area contributed by atoms with E-state index in [1.165, 1.54) is 20.9 Å². The van der Waals surface area contributed by atoms with Gasteiger partial charge in [0.2, 0.25) is 0 Å². The Hall–Kier alpha value is -6.76. The topological polar surface area (TPSA) is 64.7 Å². The zero-order valence-electron chi connectivity index (χ0n) is 27.6. The predicted octanol–water partition coefficient (Wildman–Crippen LogP) is 12.5. The van der Waals surface area contributed by atoms with Crippen LogP contribution in [0.25, 0.3) is 109 Å². The fourth-order valence-corrected chi connectivity index (χ4v) is 8.55. The SMILES string of the molecule is c1ccc(-c2nc3ccc4ccc5ccc(-c6nc(-c7ccc8ccccc8c7)nc(-c7cccc8oc9ccccc9c78)n6)cc5c4c3s2)cc1. The Morgan fingerprint density at radius 3 is 1.96 bits per heavy atom. The van der Waals surface area contributed by atoms with Crippen LogP contribution in [0.3, 0.4) is 0 Å². The van der Waals surface area contributed by atoms with Gasteiger partial charge in [-0.25, -0.2) is 19.9 Å². The van der Waals surface area contributed by atoms with E-state index in [-0.39, 0.29) is 0 Å². The van der Waals surface area contributed by atoms with Crippen LogP contribution in [-0.4, -0.2) is 19.9 Å². The Morgan fingerprint density at radius 2 is 1.08 bits per heavy atom. The van der Waals surface area contributed by atoms with Gasteiger partial charge in [0.1, 0.15) is 16.2 Å². The van der Waals surface area contributed by atoms with Gasteiger partial charge < -0.3 is 4.42 Å². The molecule has 0 atom stereocenters. The standard InChI is InChI=1S/C46H26N4OS/c1-2-10-30(11-3-1)46-47-37-24-23-29-20-18-28-19-22-33(26-36(28)40(29)42(37)52-46)44-48-43(32-21-17-27-9-4-5-12-31(27)25-32)49-45(50-44)35-14-8-16-39-41(35)34-13-6-7-15-38(34)51-39/h1-26H. The summed E-state index contributed by atoms with van der Waals surface area (Å²) >= 11 is 1.74. The number of aromatic nitrogens is 4. The first-order valence-corrected chi connectivity index (χ1v) is 18.0. The highest BCUT2D eigenvalue weighted by atomic mass is 32.1. The van der Waals surface area contributed by atoms with E-state index in [0.29, 0.717) is 17.5 Å². The molecule has 0 amide bonds. The lowest BCUT2D eigenvalue weighted by Gasteiger charge is -2.11. The number of thiazole rings is 1. The smallest absolute Gasteiger partial charge is 0.164 e. The Labute approximate surface area is 301 Å². The molecule has 52 heavy (non-hydrogen) atoms. The van der Waals surface area contributed by atoms with Crippen LogP contribution in [0.4, 0.5) is 0 Å². The van der Waals surface area contributed by atoms with Crippen molar-refractivity contribution in [2.45, 2.75) is 0 Å². The molecule has 0 N–H and O–H groups in total. The first-order chi connectivity index (χ1) is 25.7. The highest BCUT2D eigenvalue weighted by molar-refractivity contribution is 7.22. The van der Waals surface area contributed by atoms with Gasteiger partial charge in [-0.15, -0.1) is 11.3 Å². The van der Waals surface area contributed by atoms with Crippen LogP contribution in [0, 0.1) is 0 Å². The molecule has 0 spiro atoms. The summed E-state index contributed by atoms with van der Waals surface area (Å²) in [6, 6.07) is 54.6. The highest BCUT2D eigenvalue weighted by Crippen LogP contribution is 2.40. The minimum Gasteiger partial charge on any atom is -0.456 e. The second kappa shape index (κ2) is 11.4. The molecule has 0 saturated heterocycles. The molecular weight excluding hydrogens is 657 g/mol. The van der Waals surface area contributed by atoms with E-state index < -0.39 is 0 Å². The number of benzene rings is 8. The molecule has 11 rings (SSSR count). The number of para-hydroxylation sites is 1. The second-order valence-corrected chi connectivity index (χ2v) is 14.0. The maximum atomic E-state index is 6.27. The average molecular weight is 683 g/mol. The van der Waals surface area contributed by atoms with Crippen molar-refractivity contribution in [2.24, 2.45) is 0 Å². The van der Waals surface area contributed by atoms with Crippen molar-refractivity contribution >= 4 is 75.8 Å².